The number of rotatable bonds is 2. The van der Waals surface area contributed by atoms with Crippen molar-refractivity contribution in [1.29, 1.82) is 0 Å². The van der Waals surface area contributed by atoms with Crippen molar-refractivity contribution >= 4 is 5.97 Å². The Balaban J connectivity index is 2.05. The van der Waals surface area contributed by atoms with E-state index in [-0.39, 0.29) is 11.9 Å². The number of fused-ring (bicyclic) bond motifs is 1. The molecular formula is C15H17FO2. The number of carbonyl (C=O) groups is 1. The number of alkyl halides is 1. The first-order valence-corrected chi connectivity index (χ1v) is 6.67. The minimum absolute atomic E-state index is 0.129. The van der Waals surface area contributed by atoms with Crippen molar-refractivity contribution < 1.29 is 13.9 Å². The molecule has 0 spiro atoms. The van der Waals surface area contributed by atoms with Gasteiger partial charge in [-0.3, -0.25) is 0 Å². The van der Waals surface area contributed by atoms with Gasteiger partial charge in [0, 0.05) is 11.5 Å². The van der Waals surface area contributed by atoms with Gasteiger partial charge in [-0.1, -0.05) is 37.5 Å². The summed E-state index contributed by atoms with van der Waals surface area (Å²) in [6.07, 6.45) is 5.31. The summed E-state index contributed by atoms with van der Waals surface area (Å²) in [4.78, 5) is 11.9. The van der Waals surface area contributed by atoms with Crippen molar-refractivity contribution in [1.82, 2.24) is 0 Å². The third kappa shape index (κ3) is 1.57. The monoisotopic (exact) mass is 248 g/mol. The van der Waals surface area contributed by atoms with E-state index in [4.69, 9.17) is 4.74 Å². The third-order valence-electron chi connectivity index (χ3n) is 4.34. The van der Waals surface area contributed by atoms with Crippen molar-refractivity contribution in [2.75, 3.05) is 6.67 Å². The van der Waals surface area contributed by atoms with Crippen LogP contribution in [-0.2, 0) is 10.3 Å². The Morgan fingerprint density at radius 3 is 2.67 bits per heavy atom. The molecule has 1 fully saturated rings. The van der Waals surface area contributed by atoms with E-state index in [2.05, 4.69) is 0 Å². The fourth-order valence-corrected chi connectivity index (χ4v) is 3.39. The Morgan fingerprint density at radius 1 is 1.22 bits per heavy atom. The molecule has 1 atom stereocenters. The van der Waals surface area contributed by atoms with Gasteiger partial charge in [-0.15, -0.1) is 0 Å². The molecule has 3 heteroatoms. The Kier molecular flexibility index (Phi) is 2.84. The lowest BCUT2D eigenvalue weighted by atomic mass is 9.74. The quantitative estimate of drug-likeness (QED) is 0.747. The fraction of sp³-hybridized carbons (Fsp3) is 0.533. The van der Waals surface area contributed by atoms with Crippen LogP contribution in [0.5, 0.6) is 0 Å². The van der Waals surface area contributed by atoms with Crippen molar-refractivity contribution in [3.8, 4) is 0 Å². The largest absolute Gasteiger partial charge is 0.447 e. The second-order valence-corrected chi connectivity index (χ2v) is 5.29. The first-order valence-electron chi connectivity index (χ1n) is 6.67. The van der Waals surface area contributed by atoms with Crippen LogP contribution in [0.3, 0.4) is 0 Å². The van der Waals surface area contributed by atoms with Gasteiger partial charge in [0.2, 0.25) is 0 Å². The average Bonchev–Trinajstić information content (AvgIpc) is 2.74. The number of benzene rings is 1. The van der Waals surface area contributed by atoms with E-state index in [1.807, 2.05) is 12.1 Å². The summed E-state index contributed by atoms with van der Waals surface area (Å²) in [7, 11) is 0. The van der Waals surface area contributed by atoms with Gasteiger partial charge in [0.25, 0.3) is 0 Å². The fourth-order valence-electron chi connectivity index (χ4n) is 3.39. The summed E-state index contributed by atoms with van der Waals surface area (Å²) in [5, 5.41) is 0. The Bertz CT molecular complexity index is 465. The first kappa shape index (κ1) is 11.7. The van der Waals surface area contributed by atoms with E-state index in [1.54, 1.807) is 12.1 Å². The van der Waals surface area contributed by atoms with E-state index in [1.165, 1.54) is 6.42 Å². The molecule has 1 saturated carbocycles. The Hall–Kier alpha value is -1.38. The molecule has 1 aliphatic carbocycles. The van der Waals surface area contributed by atoms with E-state index in [0.29, 0.717) is 5.56 Å². The molecule has 0 radical (unpaired) electrons. The molecular weight excluding hydrogens is 231 g/mol. The normalized spacial score (nSPS) is 27.9. The number of carbonyl (C=O) groups excluding carboxylic acids is 1. The highest BCUT2D eigenvalue weighted by atomic mass is 19.1. The van der Waals surface area contributed by atoms with Crippen molar-refractivity contribution in [3.05, 3.63) is 35.4 Å². The van der Waals surface area contributed by atoms with Gasteiger partial charge in [0.15, 0.2) is 5.60 Å². The summed E-state index contributed by atoms with van der Waals surface area (Å²) < 4.78 is 19.2. The highest BCUT2D eigenvalue weighted by molar-refractivity contribution is 5.94. The van der Waals surface area contributed by atoms with Crippen molar-refractivity contribution in [2.24, 2.45) is 5.92 Å². The maximum Gasteiger partial charge on any atom is 0.339 e. The van der Waals surface area contributed by atoms with E-state index in [0.717, 1.165) is 31.2 Å². The number of halogens is 1. The Labute approximate surface area is 106 Å². The van der Waals surface area contributed by atoms with Crippen LogP contribution in [0.4, 0.5) is 4.39 Å². The average molecular weight is 248 g/mol. The lowest BCUT2D eigenvalue weighted by molar-refractivity contribution is -0.0664. The highest BCUT2D eigenvalue weighted by Gasteiger charge is 2.51. The van der Waals surface area contributed by atoms with Gasteiger partial charge in [-0.05, 0) is 18.9 Å². The van der Waals surface area contributed by atoms with Gasteiger partial charge in [-0.2, -0.15) is 0 Å². The lowest BCUT2D eigenvalue weighted by Crippen LogP contribution is -2.39. The zero-order chi connectivity index (χ0) is 12.6. The summed E-state index contributed by atoms with van der Waals surface area (Å²) in [6.45, 7) is -0.611. The van der Waals surface area contributed by atoms with Crippen LogP contribution >= 0.6 is 0 Å². The van der Waals surface area contributed by atoms with Gasteiger partial charge in [0.05, 0.1) is 5.56 Å². The summed E-state index contributed by atoms with van der Waals surface area (Å²) >= 11 is 0. The Morgan fingerprint density at radius 2 is 1.94 bits per heavy atom. The van der Waals surface area contributed by atoms with Gasteiger partial charge in [-0.25, -0.2) is 9.18 Å². The maximum atomic E-state index is 13.7. The molecule has 1 aromatic carbocycles. The predicted molar refractivity (Wildman–Crippen MR) is 66.1 cm³/mol. The second kappa shape index (κ2) is 4.38. The molecule has 0 unspecified atom stereocenters. The topological polar surface area (TPSA) is 26.3 Å². The molecule has 0 saturated heterocycles. The van der Waals surface area contributed by atoms with E-state index in [9.17, 15) is 9.18 Å². The molecule has 1 aliphatic heterocycles. The lowest BCUT2D eigenvalue weighted by Gasteiger charge is -2.36. The number of esters is 1. The number of hydrogen-bond acceptors (Lipinski definition) is 2. The second-order valence-electron chi connectivity index (χ2n) is 5.29. The zero-order valence-electron chi connectivity index (χ0n) is 10.3. The van der Waals surface area contributed by atoms with Gasteiger partial charge < -0.3 is 4.74 Å². The molecule has 3 rings (SSSR count). The summed E-state index contributed by atoms with van der Waals surface area (Å²) in [6, 6.07) is 7.23. The molecule has 18 heavy (non-hydrogen) atoms. The van der Waals surface area contributed by atoms with Crippen LogP contribution in [0, 0.1) is 5.92 Å². The molecule has 96 valence electrons. The maximum absolute atomic E-state index is 13.7. The minimum atomic E-state index is -1.01. The van der Waals surface area contributed by atoms with Crippen LogP contribution in [0.1, 0.15) is 48.0 Å². The van der Waals surface area contributed by atoms with Gasteiger partial charge in [0.1, 0.15) is 6.67 Å². The molecule has 0 aromatic heterocycles. The first-order chi connectivity index (χ1) is 8.78. The van der Waals surface area contributed by atoms with Crippen molar-refractivity contribution in [3.63, 3.8) is 0 Å². The molecule has 1 aromatic rings. The van der Waals surface area contributed by atoms with Crippen molar-refractivity contribution in [2.45, 2.75) is 37.7 Å². The molecule has 2 aliphatic rings. The number of hydrogen-bond donors (Lipinski definition) is 0. The smallest absolute Gasteiger partial charge is 0.339 e. The molecule has 1 heterocycles. The molecule has 2 nitrogen and oxygen atoms in total. The third-order valence-corrected chi connectivity index (χ3v) is 4.34. The van der Waals surface area contributed by atoms with Gasteiger partial charge >= 0.3 is 5.97 Å². The SMILES string of the molecule is O=C1O[C@](CF)(C2CCCCC2)c2ccccc21. The van der Waals surface area contributed by atoms with Crippen LogP contribution < -0.4 is 0 Å². The van der Waals surface area contributed by atoms with E-state index < -0.39 is 12.3 Å². The number of ether oxygens (including phenoxy) is 1. The molecule has 0 bridgehead atoms. The standard InChI is InChI=1S/C15H17FO2/c16-10-15(11-6-2-1-3-7-11)13-9-5-4-8-12(13)14(17)18-15/h4-5,8-9,11H,1-3,6-7,10H2/t15-/m1/s1. The minimum Gasteiger partial charge on any atom is -0.447 e. The van der Waals surface area contributed by atoms with Crippen LogP contribution in [-0.4, -0.2) is 12.6 Å². The zero-order valence-corrected chi connectivity index (χ0v) is 10.3. The molecule has 0 N–H and O–H groups in total. The van der Waals surface area contributed by atoms with Crippen LogP contribution in [0.15, 0.2) is 24.3 Å². The summed E-state index contributed by atoms with van der Waals surface area (Å²) in [5.74, 6) is -0.238. The molecule has 0 amide bonds. The van der Waals surface area contributed by atoms with E-state index >= 15 is 0 Å². The van der Waals surface area contributed by atoms with Crippen LogP contribution in [0.2, 0.25) is 0 Å². The highest BCUT2D eigenvalue weighted by Crippen LogP contribution is 2.47. The summed E-state index contributed by atoms with van der Waals surface area (Å²) in [5.41, 5.74) is 0.291. The number of cyclic esters (lactones) is 1. The predicted octanol–water partition coefficient (Wildman–Crippen LogP) is 3.60. The van der Waals surface area contributed by atoms with Crippen LogP contribution in [0.25, 0.3) is 0 Å².